The summed E-state index contributed by atoms with van der Waals surface area (Å²) in [5.41, 5.74) is 0. The van der Waals surface area contributed by atoms with Crippen molar-refractivity contribution in [3.8, 4) is 0 Å². The molecule has 1 aliphatic heterocycles. The summed E-state index contributed by atoms with van der Waals surface area (Å²) in [6.07, 6.45) is 3.08. The molecule has 0 bridgehead atoms. The molecular formula is C12H24N2O2S. The number of hydrogen-bond acceptors (Lipinski definition) is 4. The second-order valence-corrected chi connectivity index (χ2v) is 5.42. The van der Waals surface area contributed by atoms with Gasteiger partial charge in [-0.15, -0.1) is 0 Å². The van der Waals surface area contributed by atoms with Crippen molar-refractivity contribution in [2.24, 2.45) is 5.92 Å². The topological polar surface area (TPSA) is 41.6 Å². The summed E-state index contributed by atoms with van der Waals surface area (Å²) in [5, 5.41) is 3.16. The Morgan fingerprint density at radius 3 is 2.82 bits per heavy atom. The van der Waals surface area contributed by atoms with Crippen LogP contribution in [0.4, 0.5) is 0 Å². The van der Waals surface area contributed by atoms with Crippen molar-refractivity contribution >= 4 is 17.7 Å². The zero-order valence-corrected chi connectivity index (χ0v) is 12.0. The first kappa shape index (κ1) is 14.8. The quantitative estimate of drug-likeness (QED) is 0.768. The first-order valence-electron chi connectivity index (χ1n) is 6.16. The number of nitrogens with zero attached hydrogens (tertiary/aromatic N) is 1. The minimum atomic E-state index is -0.0269. The van der Waals surface area contributed by atoms with Gasteiger partial charge in [0.25, 0.3) is 0 Å². The van der Waals surface area contributed by atoms with Gasteiger partial charge in [-0.3, -0.25) is 4.79 Å². The van der Waals surface area contributed by atoms with Crippen molar-refractivity contribution in [1.82, 2.24) is 10.2 Å². The minimum Gasteiger partial charge on any atom is -0.379 e. The summed E-state index contributed by atoms with van der Waals surface area (Å²) in [4.78, 5) is 14.3. The number of rotatable bonds is 6. The number of amides is 1. The largest absolute Gasteiger partial charge is 0.379 e. The van der Waals surface area contributed by atoms with E-state index in [4.69, 9.17) is 4.74 Å². The maximum atomic E-state index is 12.4. The van der Waals surface area contributed by atoms with Gasteiger partial charge in [-0.1, -0.05) is 6.92 Å². The molecule has 4 nitrogen and oxygen atoms in total. The molecule has 3 unspecified atom stereocenters. The van der Waals surface area contributed by atoms with Crippen LogP contribution in [0.2, 0.25) is 0 Å². The predicted octanol–water partition coefficient (Wildman–Crippen LogP) is 0.821. The molecule has 100 valence electrons. The van der Waals surface area contributed by atoms with Crippen molar-refractivity contribution in [3.63, 3.8) is 0 Å². The van der Waals surface area contributed by atoms with Crippen molar-refractivity contribution < 1.29 is 9.53 Å². The van der Waals surface area contributed by atoms with Gasteiger partial charge in [-0.25, -0.2) is 0 Å². The van der Waals surface area contributed by atoms with Gasteiger partial charge in [0, 0.05) is 24.9 Å². The molecule has 0 aliphatic carbocycles. The summed E-state index contributed by atoms with van der Waals surface area (Å²) in [6, 6.07) is 0.493. The average Bonchev–Trinajstić information content (AvgIpc) is 2.82. The molecule has 1 heterocycles. The van der Waals surface area contributed by atoms with E-state index in [1.54, 1.807) is 11.8 Å². The highest BCUT2D eigenvalue weighted by molar-refractivity contribution is 7.98. The first-order chi connectivity index (χ1) is 8.15. The van der Waals surface area contributed by atoms with E-state index in [9.17, 15) is 4.79 Å². The Balaban J connectivity index is 2.61. The minimum absolute atomic E-state index is 0.0269. The second kappa shape index (κ2) is 7.24. The summed E-state index contributed by atoms with van der Waals surface area (Å²) < 4.78 is 5.39. The van der Waals surface area contributed by atoms with E-state index in [2.05, 4.69) is 18.5 Å². The smallest absolute Gasteiger partial charge is 0.229 e. The lowest BCUT2D eigenvalue weighted by molar-refractivity contribution is -0.136. The van der Waals surface area contributed by atoms with Crippen LogP contribution in [0.5, 0.6) is 0 Å². The number of carbonyl (C=O) groups is 1. The Labute approximate surface area is 108 Å². The van der Waals surface area contributed by atoms with Crippen molar-refractivity contribution in [1.29, 1.82) is 0 Å². The monoisotopic (exact) mass is 260 g/mol. The molecule has 17 heavy (non-hydrogen) atoms. The van der Waals surface area contributed by atoms with Gasteiger partial charge < -0.3 is 15.0 Å². The molecule has 1 fully saturated rings. The van der Waals surface area contributed by atoms with Gasteiger partial charge in [0.1, 0.15) is 0 Å². The average molecular weight is 260 g/mol. The summed E-state index contributed by atoms with van der Waals surface area (Å²) in [6.45, 7) is 3.32. The van der Waals surface area contributed by atoms with E-state index in [-0.39, 0.29) is 17.9 Å². The Hall–Kier alpha value is -0.260. The molecule has 1 N–H and O–H groups in total. The van der Waals surface area contributed by atoms with E-state index < -0.39 is 0 Å². The fraction of sp³-hybridized carbons (Fsp3) is 0.917. The highest BCUT2D eigenvalue weighted by atomic mass is 32.2. The Kier molecular flexibility index (Phi) is 6.30. The van der Waals surface area contributed by atoms with E-state index >= 15 is 0 Å². The van der Waals surface area contributed by atoms with E-state index in [0.717, 1.165) is 12.2 Å². The van der Waals surface area contributed by atoms with Crippen molar-refractivity contribution in [2.75, 3.05) is 39.3 Å². The molecule has 1 saturated heterocycles. The molecule has 3 atom stereocenters. The van der Waals surface area contributed by atoms with Gasteiger partial charge in [0.05, 0.1) is 19.1 Å². The van der Waals surface area contributed by atoms with Crippen molar-refractivity contribution in [2.45, 2.75) is 25.4 Å². The molecule has 1 amide bonds. The molecule has 0 radical (unpaired) electrons. The number of carbonyl (C=O) groups excluding carboxylic acids is 1. The molecule has 0 spiro atoms. The van der Waals surface area contributed by atoms with Crippen LogP contribution in [-0.4, -0.2) is 62.2 Å². The Morgan fingerprint density at radius 2 is 2.29 bits per heavy atom. The van der Waals surface area contributed by atoms with Crippen LogP contribution in [0.15, 0.2) is 0 Å². The van der Waals surface area contributed by atoms with Crippen LogP contribution in [0, 0.1) is 5.92 Å². The third-order valence-electron chi connectivity index (χ3n) is 3.49. The third kappa shape index (κ3) is 3.60. The lowest BCUT2D eigenvalue weighted by Gasteiger charge is -2.30. The lowest BCUT2D eigenvalue weighted by Crippen LogP contribution is -2.47. The fourth-order valence-corrected chi connectivity index (χ4v) is 3.06. The number of likely N-dealkylation sites (N-methyl/N-ethyl adjacent to an activating group) is 1. The van der Waals surface area contributed by atoms with Crippen molar-refractivity contribution in [3.05, 3.63) is 0 Å². The van der Waals surface area contributed by atoms with Gasteiger partial charge in [-0.2, -0.15) is 11.8 Å². The molecular weight excluding hydrogens is 236 g/mol. The second-order valence-electron chi connectivity index (χ2n) is 4.51. The molecule has 1 rings (SSSR count). The normalized spacial score (nSPS) is 25.9. The highest BCUT2D eigenvalue weighted by Gasteiger charge is 2.36. The predicted molar refractivity (Wildman–Crippen MR) is 72.4 cm³/mol. The standard InChI is InChI=1S/C12H24N2O2S/c1-5-9(8-17-4)14(3)12(15)10-6-16-7-11(10)13-2/h9-11,13H,5-8H2,1-4H3. The maximum absolute atomic E-state index is 12.4. The lowest BCUT2D eigenvalue weighted by atomic mass is 10.0. The molecule has 0 aromatic carbocycles. The summed E-state index contributed by atoms with van der Waals surface area (Å²) in [7, 11) is 3.80. The van der Waals surface area contributed by atoms with Crippen LogP contribution in [0.25, 0.3) is 0 Å². The zero-order valence-electron chi connectivity index (χ0n) is 11.2. The maximum Gasteiger partial charge on any atom is 0.229 e. The van der Waals surface area contributed by atoms with E-state index in [1.165, 1.54) is 0 Å². The molecule has 0 aromatic heterocycles. The fourth-order valence-electron chi connectivity index (χ4n) is 2.22. The molecule has 0 saturated carbocycles. The molecule has 1 aliphatic rings. The van der Waals surface area contributed by atoms with Crippen LogP contribution >= 0.6 is 11.8 Å². The van der Waals surface area contributed by atoms with Crippen LogP contribution in [0.1, 0.15) is 13.3 Å². The van der Waals surface area contributed by atoms with Gasteiger partial charge in [0.15, 0.2) is 0 Å². The van der Waals surface area contributed by atoms with E-state index in [0.29, 0.717) is 19.3 Å². The Morgan fingerprint density at radius 1 is 1.59 bits per heavy atom. The van der Waals surface area contributed by atoms with Crippen LogP contribution in [0.3, 0.4) is 0 Å². The number of nitrogens with one attached hydrogen (secondary N) is 1. The first-order valence-corrected chi connectivity index (χ1v) is 7.55. The van der Waals surface area contributed by atoms with Gasteiger partial charge in [-0.05, 0) is 19.7 Å². The van der Waals surface area contributed by atoms with Crippen LogP contribution < -0.4 is 5.32 Å². The van der Waals surface area contributed by atoms with Gasteiger partial charge >= 0.3 is 0 Å². The molecule has 0 aromatic rings. The number of thioether (sulfide) groups is 1. The van der Waals surface area contributed by atoms with Gasteiger partial charge in [0.2, 0.25) is 5.91 Å². The van der Waals surface area contributed by atoms with Crippen LogP contribution in [-0.2, 0) is 9.53 Å². The third-order valence-corrected chi connectivity index (χ3v) is 4.21. The SMILES string of the molecule is CCC(CSC)N(C)C(=O)C1COCC1NC. The Bertz CT molecular complexity index is 251. The molecule has 5 heteroatoms. The number of ether oxygens (including phenoxy) is 1. The van der Waals surface area contributed by atoms with E-state index in [1.807, 2.05) is 19.0 Å². The zero-order chi connectivity index (χ0) is 12.8. The highest BCUT2D eigenvalue weighted by Crippen LogP contribution is 2.19. The summed E-state index contributed by atoms with van der Waals surface area (Å²) >= 11 is 1.79. The summed E-state index contributed by atoms with van der Waals surface area (Å²) in [5.74, 6) is 1.18. The number of hydrogen-bond donors (Lipinski definition) is 1.